The van der Waals surface area contributed by atoms with E-state index >= 15 is 0 Å². The molecule has 0 spiro atoms. The number of hydrogen-bond donors (Lipinski definition) is 1. The standard InChI is InChI=1S/C15H22N2O/c1-5-13-6-8-14(9-7-13)12(4)16-17-15(18)10-11(2)3/h6-9,11H,5,10H2,1-4H3,(H,17,18). The summed E-state index contributed by atoms with van der Waals surface area (Å²) in [6, 6.07) is 8.24. The molecular formula is C15H22N2O. The number of carbonyl (C=O) groups excluding carboxylic acids is 1. The molecule has 1 N–H and O–H groups in total. The summed E-state index contributed by atoms with van der Waals surface area (Å²) in [7, 11) is 0. The monoisotopic (exact) mass is 246 g/mol. The molecule has 98 valence electrons. The number of aryl methyl sites for hydroxylation is 1. The highest BCUT2D eigenvalue weighted by molar-refractivity contribution is 5.99. The van der Waals surface area contributed by atoms with E-state index in [-0.39, 0.29) is 5.91 Å². The molecule has 1 aromatic carbocycles. The first-order valence-corrected chi connectivity index (χ1v) is 6.45. The minimum Gasteiger partial charge on any atom is -0.273 e. The summed E-state index contributed by atoms with van der Waals surface area (Å²) in [5.41, 5.74) is 5.76. The normalized spacial score (nSPS) is 11.7. The average Bonchev–Trinajstić information content (AvgIpc) is 2.35. The lowest BCUT2D eigenvalue weighted by Gasteiger charge is -2.05. The lowest BCUT2D eigenvalue weighted by molar-refractivity contribution is -0.121. The fourth-order valence-corrected chi connectivity index (χ4v) is 1.61. The van der Waals surface area contributed by atoms with E-state index < -0.39 is 0 Å². The Morgan fingerprint density at radius 3 is 2.39 bits per heavy atom. The van der Waals surface area contributed by atoms with Crippen molar-refractivity contribution in [2.24, 2.45) is 11.0 Å². The van der Waals surface area contributed by atoms with Gasteiger partial charge in [-0.15, -0.1) is 0 Å². The Bertz CT molecular complexity index is 419. The van der Waals surface area contributed by atoms with Gasteiger partial charge in [0.25, 0.3) is 0 Å². The summed E-state index contributed by atoms with van der Waals surface area (Å²) in [5.74, 6) is 0.318. The topological polar surface area (TPSA) is 41.5 Å². The number of carbonyl (C=O) groups is 1. The van der Waals surface area contributed by atoms with Crippen molar-refractivity contribution in [1.82, 2.24) is 5.43 Å². The Hall–Kier alpha value is -1.64. The molecule has 0 unspecified atom stereocenters. The first-order valence-electron chi connectivity index (χ1n) is 6.45. The van der Waals surface area contributed by atoms with Crippen LogP contribution in [0.25, 0.3) is 0 Å². The average molecular weight is 246 g/mol. The van der Waals surface area contributed by atoms with Gasteiger partial charge in [0.15, 0.2) is 0 Å². The Kier molecular flexibility index (Phi) is 5.56. The molecule has 18 heavy (non-hydrogen) atoms. The van der Waals surface area contributed by atoms with Crippen LogP contribution >= 0.6 is 0 Å². The van der Waals surface area contributed by atoms with Gasteiger partial charge in [0.1, 0.15) is 0 Å². The van der Waals surface area contributed by atoms with Crippen molar-refractivity contribution < 1.29 is 4.79 Å². The highest BCUT2D eigenvalue weighted by atomic mass is 16.2. The summed E-state index contributed by atoms with van der Waals surface area (Å²) in [6.45, 7) is 8.05. The van der Waals surface area contributed by atoms with E-state index in [0.29, 0.717) is 12.3 Å². The predicted molar refractivity (Wildman–Crippen MR) is 75.6 cm³/mol. The summed E-state index contributed by atoms with van der Waals surface area (Å²) >= 11 is 0. The number of benzene rings is 1. The van der Waals surface area contributed by atoms with Crippen LogP contribution in [-0.2, 0) is 11.2 Å². The van der Waals surface area contributed by atoms with Gasteiger partial charge in [0.05, 0.1) is 5.71 Å². The van der Waals surface area contributed by atoms with Crippen molar-refractivity contribution in [3.63, 3.8) is 0 Å². The van der Waals surface area contributed by atoms with Crippen LogP contribution in [-0.4, -0.2) is 11.6 Å². The zero-order valence-electron chi connectivity index (χ0n) is 11.7. The second-order valence-corrected chi connectivity index (χ2v) is 4.88. The molecule has 0 aliphatic rings. The van der Waals surface area contributed by atoms with Gasteiger partial charge in [-0.2, -0.15) is 5.10 Å². The molecule has 3 heteroatoms. The molecule has 1 aromatic rings. The molecule has 0 bridgehead atoms. The fourth-order valence-electron chi connectivity index (χ4n) is 1.61. The number of nitrogens with one attached hydrogen (secondary N) is 1. The van der Waals surface area contributed by atoms with E-state index in [1.54, 1.807) is 0 Å². The molecule has 0 aliphatic carbocycles. The van der Waals surface area contributed by atoms with Gasteiger partial charge in [-0.25, -0.2) is 5.43 Å². The summed E-state index contributed by atoms with van der Waals surface area (Å²) in [5, 5.41) is 4.12. The van der Waals surface area contributed by atoms with Crippen molar-refractivity contribution >= 4 is 11.6 Å². The van der Waals surface area contributed by atoms with Crippen LogP contribution < -0.4 is 5.43 Å². The quantitative estimate of drug-likeness (QED) is 0.629. The molecule has 3 nitrogen and oxygen atoms in total. The molecule has 0 atom stereocenters. The van der Waals surface area contributed by atoms with Crippen LogP contribution in [0, 0.1) is 5.92 Å². The molecular weight excluding hydrogens is 224 g/mol. The molecule has 0 aliphatic heterocycles. The number of hydrazone groups is 1. The maximum atomic E-state index is 11.5. The summed E-state index contributed by atoms with van der Waals surface area (Å²) < 4.78 is 0. The summed E-state index contributed by atoms with van der Waals surface area (Å²) in [6.07, 6.45) is 1.53. The zero-order chi connectivity index (χ0) is 13.5. The number of rotatable bonds is 5. The molecule has 0 saturated heterocycles. The van der Waals surface area contributed by atoms with Gasteiger partial charge in [0.2, 0.25) is 5.91 Å². The van der Waals surface area contributed by atoms with E-state index in [2.05, 4.69) is 29.6 Å². The van der Waals surface area contributed by atoms with Crippen LogP contribution in [0.1, 0.15) is 45.2 Å². The molecule has 0 radical (unpaired) electrons. The summed E-state index contributed by atoms with van der Waals surface area (Å²) in [4.78, 5) is 11.5. The van der Waals surface area contributed by atoms with Gasteiger partial charge < -0.3 is 0 Å². The van der Waals surface area contributed by atoms with Crippen molar-refractivity contribution in [1.29, 1.82) is 0 Å². The lowest BCUT2D eigenvalue weighted by Crippen LogP contribution is -2.20. The highest BCUT2D eigenvalue weighted by Gasteiger charge is 2.04. The maximum absolute atomic E-state index is 11.5. The largest absolute Gasteiger partial charge is 0.273 e. The lowest BCUT2D eigenvalue weighted by atomic mass is 10.1. The third-order valence-corrected chi connectivity index (χ3v) is 2.72. The molecule has 0 fully saturated rings. The third-order valence-electron chi connectivity index (χ3n) is 2.72. The Morgan fingerprint density at radius 2 is 1.89 bits per heavy atom. The molecule has 0 saturated carbocycles. The Balaban J connectivity index is 2.62. The van der Waals surface area contributed by atoms with E-state index in [1.807, 2.05) is 32.9 Å². The third kappa shape index (κ3) is 4.70. The van der Waals surface area contributed by atoms with Crippen LogP contribution in [0.2, 0.25) is 0 Å². The van der Waals surface area contributed by atoms with Crippen LogP contribution in [0.15, 0.2) is 29.4 Å². The maximum Gasteiger partial charge on any atom is 0.240 e. The first-order chi connectivity index (χ1) is 8.52. The number of nitrogens with zero attached hydrogens (tertiary/aromatic N) is 1. The van der Waals surface area contributed by atoms with Crippen LogP contribution in [0.5, 0.6) is 0 Å². The van der Waals surface area contributed by atoms with Gasteiger partial charge in [-0.1, -0.05) is 45.0 Å². The number of amides is 1. The van der Waals surface area contributed by atoms with E-state index in [1.165, 1.54) is 5.56 Å². The van der Waals surface area contributed by atoms with Crippen molar-refractivity contribution in [3.05, 3.63) is 35.4 Å². The second-order valence-electron chi connectivity index (χ2n) is 4.88. The van der Waals surface area contributed by atoms with Crippen molar-refractivity contribution in [3.8, 4) is 0 Å². The minimum atomic E-state index is -0.0328. The number of hydrogen-bond acceptors (Lipinski definition) is 2. The second kappa shape index (κ2) is 6.94. The fraction of sp³-hybridized carbons (Fsp3) is 0.467. The van der Waals surface area contributed by atoms with E-state index in [4.69, 9.17) is 0 Å². The minimum absolute atomic E-state index is 0.0328. The van der Waals surface area contributed by atoms with Gasteiger partial charge in [-0.05, 0) is 30.4 Å². The van der Waals surface area contributed by atoms with Crippen LogP contribution in [0.4, 0.5) is 0 Å². The molecule has 0 aromatic heterocycles. The molecule has 0 heterocycles. The van der Waals surface area contributed by atoms with Gasteiger partial charge >= 0.3 is 0 Å². The van der Waals surface area contributed by atoms with E-state index in [9.17, 15) is 4.79 Å². The molecule has 1 amide bonds. The smallest absolute Gasteiger partial charge is 0.240 e. The zero-order valence-corrected chi connectivity index (χ0v) is 11.7. The van der Waals surface area contributed by atoms with Crippen LogP contribution in [0.3, 0.4) is 0 Å². The Morgan fingerprint density at radius 1 is 1.28 bits per heavy atom. The van der Waals surface area contributed by atoms with E-state index in [0.717, 1.165) is 17.7 Å². The highest BCUT2D eigenvalue weighted by Crippen LogP contribution is 2.06. The van der Waals surface area contributed by atoms with Gasteiger partial charge in [0, 0.05) is 6.42 Å². The molecule has 1 rings (SSSR count). The predicted octanol–water partition coefficient (Wildman–Crippen LogP) is 3.14. The van der Waals surface area contributed by atoms with Crippen molar-refractivity contribution in [2.45, 2.75) is 40.5 Å². The Labute approximate surface area is 109 Å². The van der Waals surface area contributed by atoms with Gasteiger partial charge in [-0.3, -0.25) is 4.79 Å². The van der Waals surface area contributed by atoms with Crippen molar-refractivity contribution in [2.75, 3.05) is 0 Å². The SMILES string of the molecule is CCc1ccc(C(C)=NNC(=O)CC(C)C)cc1. The first kappa shape index (κ1) is 14.4.